The lowest BCUT2D eigenvalue weighted by molar-refractivity contribution is -0.102. The third-order valence-corrected chi connectivity index (χ3v) is 3.06. The molecular formula is C9H22NO2P. The molecule has 0 bridgehead atoms. The zero-order chi connectivity index (χ0) is 9.94. The Morgan fingerprint density at radius 1 is 1.23 bits per heavy atom. The minimum Gasteiger partial charge on any atom is -0.356 e. The number of hydrogen-bond acceptors (Lipinski definition) is 3. The minimum atomic E-state index is -0.00775. The van der Waals surface area contributed by atoms with Crippen molar-refractivity contribution in [1.29, 1.82) is 0 Å². The summed E-state index contributed by atoms with van der Waals surface area (Å²) in [6.45, 7) is 4.35. The highest BCUT2D eigenvalue weighted by Crippen LogP contribution is 2.12. The van der Waals surface area contributed by atoms with E-state index in [9.17, 15) is 0 Å². The van der Waals surface area contributed by atoms with E-state index in [1.54, 1.807) is 14.2 Å². The molecule has 4 heteroatoms. The SMILES string of the molecule is CCNCCPCCC(OC)OC. The molecule has 0 spiro atoms. The molecule has 80 valence electrons. The Balaban J connectivity index is 3.05. The summed E-state index contributed by atoms with van der Waals surface area (Å²) >= 11 is 0. The first-order valence-electron chi connectivity index (χ1n) is 4.82. The third kappa shape index (κ3) is 8.63. The molecule has 1 N–H and O–H groups in total. The van der Waals surface area contributed by atoms with Gasteiger partial charge in [0.1, 0.15) is 0 Å². The maximum atomic E-state index is 5.09. The summed E-state index contributed by atoms with van der Waals surface area (Å²) in [4.78, 5) is 0. The van der Waals surface area contributed by atoms with Crippen LogP contribution in [0.4, 0.5) is 0 Å². The summed E-state index contributed by atoms with van der Waals surface area (Å²) in [5, 5.41) is 3.31. The van der Waals surface area contributed by atoms with Gasteiger partial charge in [0.15, 0.2) is 6.29 Å². The summed E-state index contributed by atoms with van der Waals surface area (Å²) in [5.74, 6) is 0. The van der Waals surface area contributed by atoms with E-state index >= 15 is 0 Å². The molecule has 0 amide bonds. The highest BCUT2D eigenvalue weighted by atomic mass is 31.1. The van der Waals surface area contributed by atoms with Crippen LogP contribution in [0.5, 0.6) is 0 Å². The molecule has 1 unspecified atom stereocenters. The van der Waals surface area contributed by atoms with Crippen molar-refractivity contribution in [2.24, 2.45) is 0 Å². The van der Waals surface area contributed by atoms with Crippen molar-refractivity contribution in [1.82, 2.24) is 5.32 Å². The first-order valence-corrected chi connectivity index (χ1v) is 6.23. The number of methoxy groups -OCH3 is 2. The standard InChI is InChI=1S/C9H22NO2P/c1-4-10-6-8-13-7-5-9(11-2)12-3/h9-10,13H,4-8H2,1-3H3. The zero-order valence-corrected chi connectivity index (χ0v) is 9.93. The summed E-state index contributed by atoms with van der Waals surface area (Å²) < 4.78 is 10.2. The van der Waals surface area contributed by atoms with Crippen LogP contribution in [0.2, 0.25) is 0 Å². The average molecular weight is 207 g/mol. The van der Waals surface area contributed by atoms with Gasteiger partial charge < -0.3 is 14.8 Å². The quantitative estimate of drug-likeness (QED) is 0.351. The van der Waals surface area contributed by atoms with Crippen LogP contribution >= 0.6 is 8.58 Å². The third-order valence-electron chi connectivity index (χ3n) is 1.81. The van der Waals surface area contributed by atoms with Gasteiger partial charge >= 0.3 is 0 Å². The maximum absolute atomic E-state index is 5.09. The minimum absolute atomic E-state index is 0.00775. The van der Waals surface area contributed by atoms with Gasteiger partial charge in [-0.2, -0.15) is 0 Å². The van der Waals surface area contributed by atoms with Crippen LogP contribution in [0.15, 0.2) is 0 Å². The van der Waals surface area contributed by atoms with E-state index in [0.717, 1.165) is 28.1 Å². The second-order valence-electron chi connectivity index (χ2n) is 2.79. The number of hydrogen-bond donors (Lipinski definition) is 1. The fraction of sp³-hybridized carbons (Fsp3) is 1.00. The van der Waals surface area contributed by atoms with Gasteiger partial charge in [-0.1, -0.05) is 6.92 Å². The number of ether oxygens (including phenoxy) is 2. The topological polar surface area (TPSA) is 30.5 Å². The van der Waals surface area contributed by atoms with Crippen molar-refractivity contribution < 1.29 is 9.47 Å². The average Bonchev–Trinajstić information content (AvgIpc) is 2.17. The van der Waals surface area contributed by atoms with E-state index < -0.39 is 0 Å². The largest absolute Gasteiger partial charge is 0.356 e. The van der Waals surface area contributed by atoms with Crippen LogP contribution in [0.25, 0.3) is 0 Å². The van der Waals surface area contributed by atoms with Crippen LogP contribution in [-0.2, 0) is 9.47 Å². The van der Waals surface area contributed by atoms with E-state index in [4.69, 9.17) is 9.47 Å². The molecule has 0 aliphatic rings. The van der Waals surface area contributed by atoms with Crippen molar-refractivity contribution in [3.05, 3.63) is 0 Å². The van der Waals surface area contributed by atoms with Gasteiger partial charge in [-0.05, 0) is 25.4 Å². The van der Waals surface area contributed by atoms with Crippen LogP contribution in [-0.4, -0.2) is 45.9 Å². The molecule has 0 aromatic carbocycles. The highest BCUT2D eigenvalue weighted by molar-refractivity contribution is 7.37. The molecule has 0 aromatic heterocycles. The Bertz CT molecular complexity index is 99.6. The van der Waals surface area contributed by atoms with E-state index in [0.29, 0.717) is 0 Å². The van der Waals surface area contributed by atoms with Gasteiger partial charge in [-0.25, -0.2) is 0 Å². The Morgan fingerprint density at radius 2 is 1.92 bits per heavy atom. The summed E-state index contributed by atoms with van der Waals surface area (Å²) in [5.41, 5.74) is 0. The summed E-state index contributed by atoms with van der Waals surface area (Å²) in [6.07, 6.45) is 3.48. The van der Waals surface area contributed by atoms with Crippen molar-refractivity contribution in [2.75, 3.05) is 39.6 Å². The fourth-order valence-corrected chi connectivity index (χ4v) is 2.07. The first kappa shape index (κ1) is 13.3. The second-order valence-corrected chi connectivity index (χ2v) is 4.29. The van der Waals surface area contributed by atoms with E-state index in [2.05, 4.69) is 12.2 Å². The first-order chi connectivity index (χ1) is 6.35. The molecule has 0 heterocycles. The summed E-state index contributed by atoms with van der Waals surface area (Å²) in [6, 6.07) is 0. The van der Waals surface area contributed by atoms with Crippen LogP contribution < -0.4 is 5.32 Å². The predicted octanol–water partition coefficient (Wildman–Crippen LogP) is 1.28. The maximum Gasteiger partial charge on any atom is 0.157 e. The Kier molecular flexibility index (Phi) is 10.6. The Morgan fingerprint density at radius 3 is 2.46 bits per heavy atom. The van der Waals surface area contributed by atoms with Gasteiger partial charge in [0, 0.05) is 20.6 Å². The van der Waals surface area contributed by atoms with Crippen molar-refractivity contribution >= 4 is 8.58 Å². The second kappa shape index (κ2) is 10.4. The summed E-state index contributed by atoms with van der Waals surface area (Å²) in [7, 11) is 4.40. The molecule has 0 aliphatic carbocycles. The number of rotatable bonds is 9. The molecule has 3 nitrogen and oxygen atoms in total. The molecule has 0 fully saturated rings. The van der Waals surface area contributed by atoms with E-state index in [-0.39, 0.29) is 6.29 Å². The van der Waals surface area contributed by atoms with Crippen molar-refractivity contribution in [3.8, 4) is 0 Å². The lowest BCUT2D eigenvalue weighted by Gasteiger charge is -2.12. The molecular weight excluding hydrogens is 185 g/mol. The van der Waals surface area contributed by atoms with E-state index in [1.165, 1.54) is 12.3 Å². The molecule has 0 rings (SSSR count). The lowest BCUT2D eigenvalue weighted by atomic mass is 10.5. The molecule has 0 aromatic rings. The van der Waals surface area contributed by atoms with E-state index in [1.807, 2.05) is 0 Å². The normalized spacial score (nSPS) is 12.0. The monoisotopic (exact) mass is 207 g/mol. The Hall–Kier alpha value is 0.310. The molecule has 1 atom stereocenters. The molecule has 0 radical (unpaired) electrons. The van der Waals surface area contributed by atoms with Crippen LogP contribution in [0.3, 0.4) is 0 Å². The van der Waals surface area contributed by atoms with Gasteiger partial charge in [0.25, 0.3) is 0 Å². The lowest BCUT2D eigenvalue weighted by Crippen LogP contribution is -2.16. The zero-order valence-electron chi connectivity index (χ0n) is 8.93. The van der Waals surface area contributed by atoms with Crippen molar-refractivity contribution in [3.63, 3.8) is 0 Å². The molecule has 0 aliphatic heterocycles. The Labute approximate surface area is 83.4 Å². The smallest absolute Gasteiger partial charge is 0.157 e. The highest BCUT2D eigenvalue weighted by Gasteiger charge is 2.02. The van der Waals surface area contributed by atoms with Gasteiger partial charge in [0.2, 0.25) is 0 Å². The van der Waals surface area contributed by atoms with Gasteiger partial charge in [-0.3, -0.25) is 0 Å². The molecule has 13 heavy (non-hydrogen) atoms. The van der Waals surface area contributed by atoms with Crippen LogP contribution in [0, 0.1) is 0 Å². The van der Waals surface area contributed by atoms with Gasteiger partial charge in [0.05, 0.1) is 0 Å². The van der Waals surface area contributed by atoms with Crippen LogP contribution in [0.1, 0.15) is 13.3 Å². The molecule has 0 saturated heterocycles. The van der Waals surface area contributed by atoms with Crippen molar-refractivity contribution in [2.45, 2.75) is 19.6 Å². The number of nitrogens with one attached hydrogen (secondary N) is 1. The van der Waals surface area contributed by atoms with Gasteiger partial charge in [-0.15, -0.1) is 8.58 Å². The fourth-order valence-electron chi connectivity index (χ4n) is 1.03. The predicted molar refractivity (Wildman–Crippen MR) is 59.0 cm³/mol. The molecule has 0 saturated carbocycles.